The number of hydrogen-bond donors (Lipinski definition) is 1. The van der Waals surface area contributed by atoms with Crippen LogP contribution in [0.25, 0.3) is 33.8 Å². The van der Waals surface area contributed by atoms with Gasteiger partial charge in [0.15, 0.2) is 0 Å². The van der Waals surface area contributed by atoms with Crippen LogP contribution in [0, 0.1) is 6.07 Å². The van der Waals surface area contributed by atoms with Crippen molar-refractivity contribution in [3.63, 3.8) is 0 Å². The van der Waals surface area contributed by atoms with E-state index in [4.69, 9.17) is 4.98 Å². The number of phenols is 1. The summed E-state index contributed by atoms with van der Waals surface area (Å²) < 4.78 is 0. The van der Waals surface area contributed by atoms with Crippen LogP contribution in [0.3, 0.4) is 0 Å². The van der Waals surface area contributed by atoms with Crippen LogP contribution in [0.1, 0.15) is 24.0 Å². The average molecular weight is 623 g/mol. The van der Waals surface area contributed by atoms with Crippen molar-refractivity contribution in [1.29, 1.82) is 0 Å². The van der Waals surface area contributed by atoms with Crippen molar-refractivity contribution < 1.29 is 26.2 Å². The van der Waals surface area contributed by atoms with Gasteiger partial charge in [0.25, 0.3) is 0 Å². The first kappa shape index (κ1) is 23.6. The van der Waals surface area contributed by atoms with Crippen molar-refractivity contribution in [2.75, 3.05) is 0 Å². The van der Waals surface area contributed by atoms with E-state index in [0.29, 0.717) is 0 Å². The van der Waals surface area contributed by atoms with Gasteiger partial charge < -0.3 is 5.11 Å². The molecular formula is C30H23N2OPt-. The first-order valence-corrected chi connectivity index (χ1v) is 11.0. The maximum Gasteiger partial charge on any atom is 0.124 e. The Hall–Kier alpha value is -3.55. The van der Waals surface area contributed by atoms with Crippen LogP contribution in [-0.4, -0.2) is 15.1 Å². The fourth-order valence-corrected chi connectivity index (χ4v) is 3.99. The number of phenolic OH excluding ortho intramolecular Hbond substituents is 1. The van der Waals surface area contributed by atoms with Crippen LogP contribution in [0.5, 0.6) is 5.75 Å². The van der Waals surface area contributed by atoms with E-state index < -0.39 is 0 Å². The average Bonchev–Trinajstić information content (AvgIpc) is 2.90. The van der Waals surface area contributed by atoms with E-state index in [2.05, 4.69) is 30.1 Å². The first-order valence-electron chi connectivity index (χ1n) is 11.0. The van der Waals surface area contributed by atoms with Crippen LogP contribution in [0.4, 0.5) is 0 Å². The molecule has 5 aromatic rings. The van der Waals surface area contributed by atoms with Crippen LogP contribution < -0.4 is 0 Å². The molecule has 5 rings (SSSR count). The van der Waals surface area contributed by atoms with E-state index in [1.807, 2.05) is 84.9 Å². The Labute approximate surface area is 214 Å². The second-order valence-corrected chi connectivity index (χ2v) is 8.01. The number of aromatic hydroxyl groups is 1. The van der Waals surface area contributed by atoms with Gasteiger partial charge in [0.2, 0.25) is 0 Å². The Bertz CT molecular complexity index is 1390. The Kier molecular flexibility index (Phi) is 7.35. The maximum atomic E-state index is 10.6. The van der Waals surface area contributed by atoms with Crippen molar-refractivity contribution in [3.05, 3.63) is 127 Å². The fraction of sp³-hybridized carbons (Fsp3) is 0.0667. The minimum atomic E-state index is 0. The van der Waals surface area contributed by atoms with Crippen LogP contribution >= 0.6 is 0 Å². The van der Waals surface area contributed by atoms with E-state index in [1.54, 1.807) is 12.3 Å². The molecule has 1 unspecified atom stereocenters. The summed E-state index contributed by atoms with van der Waals surface area (Å²) in [6, 6.07) is 37.2. The van der Waals surface area contributed by atoms with E-state index >= 15 is 0 Å². The molecule has 2 heterocycles. The van der Waals surface area contributed by atoms with E-state index in [1.165, 1.54) is 5.56 Å². The zero-order valence-corrected chi connectivity index (χ0v) is 20.9. The Morgan fingerprint density at radius 1 is 0.676 bits per heavy atom. The zero-order chi connectivity index (χ0) is 22.6. The van der Waals surface area contributed by atoms with Gasteiger partial charge >= 0.3 is 0 Å². The number of hydrogen-bond acceptors (Lipinski definition) is 3. The van der Waals surface area contributed by atoms with Gasteiger partial charge in [-0.1, -0.05) is 78.7 Å². The SMILES string of the molecule is CC(c1ccccc1)c1ccc(O)c(-c2cccc(-c3[c-]c(-c4ccccn4)ccc3)n2)c1.[Pt]. The van der Waals surface area contributed by atoms with Crippen molar-refractivity contribution >= 4 is 0 Å². The van der Waals surface area contributed by atoms with Crippen LogP contribution in [0.15, 0.2) is 109 Å². The van der Waals surface area contributed by atoms with Gasteiger partial charge in [-0.05, 0) is 35.4 Å². The minimum absolute atomic E-state index is 0. The van der Waals surface area contributed by atoms with E-state index in [9.17, 15) is 5.11 Å². The Morgan fingerprint density at radius 3 is 2.12 bits per heavy atom. The number of nitrogens with zero attached hydrogens (tertiary/aromatic N) is 2. The summed E-state index contributed by atoms with van der Waals surface area (Å²) in [4.78, 5) is 9.30. The van der Waals surface area contributed by atoms with Gasteiger partial charge in [0, 0.05) is 50.1 Å². The summed E-state index contributed by atoms with van der Waals surface area (Å²) >= 11 is 0. The molecule has 2 aromatic heterocycles. The molecule has 0 radical (unpaired) electrons. The topological polar surface area (TPSA) is 46.0 Å². The molecule has 34 heavy (non-hydrogen) atoms. The van der Waals surface area contributed by atoms with Crippen LogP contribution in [-0.2, 0) is 21.1 Å². The third-order valence-corrected chi connectivity index (χ3v) is 5.86. The molecule has 1 N–H and O–H groups in total. The smallest absolute Gasteiger partial charge is 0.124 e. The van der Waals surface area contributed by atoms with Gasteiger partial charge in [-0.15, -0.1) is 24.3 Å². The normalized spacial score (nSPS) is 11.4. The summed E-state index contributed by atoms with van der Waals surface area (Å²) in [5, 5.41) is 10.6. The van der Waals surface area contributed by atoms with Crippen LogP contribution in [0.2, 0.25) is 0 Å². The molecule has 0 fully saturated rings. The number of benzene rings is 3. The fourth-order valence-electron chi connectivity index (χ4n) is 3.99. The monoisotopic (exact) mass is 622 g/mol. The predicted molar refractivity (Wildman–Crippen MR) is 133 cm³/mol. The third kappa shape index (κ3) is 5.00. The number of aromatic nitrogens is 2. The summed E-state index contributed by atoms with van der Waals surface area (Å²) in [7, 11) is 0. The molecule has 3 nitrogen and oxygen atoms in total. The first-order chi connectivity index (χ1) is 16.2. The molecule has 0 saturated carbocycles. The molecule has 1 atom stereocenters. The maximum absolute atomic E-state index is 10.6. The molecule has 3 aromatic carbocycles. The Balaban J connectivity index is 0.00000274. The number of rotatable bonds is 5. The van der Waals surface area contributed by atoms with Crippen molar-refractivity contribution in [2.24, 2.45) is 0 Å². The molecular weight excluding hydrogens is 599 g/mol. The molecule has 0 bridgehead atoms. The standard InChI is InChI=1S/C30H23N2O.Pt/c1-21(22-9-3-2-4-10-22)23-16-17-30(33)26(20-23)29-15-8-14-28(32-29)25-12-7-11-24(19-25)27-13-5-6-18-31-27;/h2-18,20-21,33H,1H3;/q-1;. The van der Waals surface area contributed by atoms with Gasteiger partial charge in [-0.25, -0.2) is 0 Å². The second-order valence-electron chi connectivity index (χ2n) is 8.01. The third-order valence-electron chi connectivity index (χ3n) is 5.86. The molecule has 170 valence electrons. The van der Waals surface area contributed by atoms with Crippen molar-refractivity contribution in [3.8, 4) is 39.5 Å². The zero-order valence-electron chi connectivity index (χ0n) is 18.6. The van der Waals surface area contributed by atoms with Crippen molar-refractivity contribution in [1.82, 2.24) is 9.97 Å². The van der Waals surface area contributed by atoms with E-state index in [0.717, 1.165) is 39.3 Å². The molecule has 0 saturated heterocycles. The molecule has 0 amide bonds. The quantitative estimate of drug-likeness (QED) is 0.212. The summed E-state index contributed by atoms with van der Waals surface area (Å²) in [5.74, 6) is 0.423. The minimum Gasteiger partial charge on any atom is -0.507 e. The summed E-state index contributed by atoms with van der Waals surface area (Å²) in [5.41, 5.74) is 7.28. The summed E-state index contributed by atoms with van der Waals surface area (Å²) in [6.45, 7) is 2.17. The molecule has 0 aliphatic carbocycles. The van der Waals surface area contributed by atoms with Crippen molar-refractivity contribution in [2.45, 2.75) is 12.8 Å². The largest absolute Gasteiger partial charge is 0.507 e. The molecule has 4 heteroatoms. The van der Waals surface area contributed by atoms with Gasteiger partial charge in [-0.3, -0.25) is 9.97 Å². The van der Waals surface area contributed by atoms with Gasteiger partial charge in [0.1, 0.15) is 5.75 Å². The molecule has 0 aliphatic heterocycles. The summed E-state index contributed by atoms with van der Waals surface area (Å²) in [6.07, 6.45) is 1.78. The van der Waals surface area contributed by atoms with Gasteiger partial charge in [-0.2, -0.15) is 0 Å². The number of pyridine rings is 2. The predicted octanol–water partition coefficient (Wildman–Crippen LogP) is 7.13. The molecule has 0 spiro atoms. The second kappa shape index (κ2) is 10.6. The van der Waals surface area contributed by atoms with E-state index in [-0.39, 0.29) is 32.7 Å². The van der Waals surface area contributed by atoms with Gasteiger partial charge in [0.05, 0.1) is 5.69 Å². The molecule has 0 aliphatic rings. The Morgan fingerprint density at radius 2 is 1.35 bits per heavy atom.